The minimum atomic E-state index is -1.44. The highest BCUT2D eigenvalue weighted by Gasteiger charge is 2.34. The average Bonchev–Trinajstić information content (AvgIpc) is 2.72. The maximum atomic E-state index is 12.9. The van der Waals surface area contributed by atoms with Gasteiger partial charge in [-0.15, -0.1) is 0 Å². The van der Waals surface area contributed by atoms with Crippen molar-refractivity contribution in [3.8, 4) is 0 Å². The Kier molecular flexibility index (Phi) is 12.5. The number of primary amides is 1. The van der Waals surface area contributed by atoms with Crippen LogP contribution in [0, 0.1) is 11.8 Å². The molecule has 0 saturated heterocycles. The van der Waals surface area contributed by atoms with Crippen molar-refractivity contribution in [2.75, 3.05) is 0 Å². The molecule has 0 rings (SSSR count). The minimum Gasteiger partial charge on any atom is -0.480 e. The van der Waals surface area contributed by atoms with Gasteiger partial charge >= 0.3 is 5.97 Å². The van der Waals surface area contributed by atoms with Crippen molar-refractivity contribution >= 4 is 29.6 Å². The smallest absolute Gasteiger partial charge is 0.326 e. The van der Waals surface area contributed by atoms with Crippen LogP contribution in [0.25, 0.3) is 0 Å². The van der Waals surface area contributed by atoms with Crippen LogP contribution in [0.2, 0.25) is 0 Å². The Labute approximate surface area is 187 Å². The SMILES string of the molecule is CCC(C)C(NC(=O)C(NC(=O)C(CC(N)=O)NC(=O)C(N)C(C)O)C(C)CC)C(=O)O. The molecule has 0 fully saturated rings. The zero-order valence-corrected chi connectivity index (χ0v) is 19.3. The Morgan fingerprint density at radius 2 is 1.28 bits per heavy atom. The van der Waals surface area contributed by atoms with Gasteiger partial charge in [0.1, 0.15) is 24.2 Å². The van der Waals surface area contributed by atoms with Gasteiger partial charge in [-0.25, -0.2) is 4.79 Å². The van der Waals surface area contributed by atoms with E-state index in [-0.39, 0.29) is 5.92 Å². The summed E-state index contributed by atoms with van der Waals surface area (Å²) in [6.07, 6.45) is -0.796. The number of nitrogens with two attached hydrogens (primary N) is 2. The number of carboxylic acid groups (broad SMARTS) is 1. The van der Waals surface area contributed by atoms with Gasteiger partial charge in [-0.1, -0.05) is 40.5 Å². The molecule has 0 heterocycles. The number of carbonyl (C=O) groups is 5. The number of carboxylic acids is 1. The van der Waals surface area contributed by atoms with Crippen molar-refractivity contribution in [2.45, 2.75) is 84.2 Å². The van der Waals surface area contributed by atoms with Crippen LogP contribution in [0.4, 0.5) is 0 Å². The molecule has 7 atom stereocenters. The Morgan fingerprint density at radius 1 is 0.812 bits per heavy atom. The molecule has 12 nitrogen and oxygen atoms in total. The van der Waals surface area contributed by atoms with Gasteiger partial charge in [0.05, 0.1) is 12.5 Å². The maximum Gasteiger partial charge on any atom is 0.326 e. The topological polar surface area (TPSA) is 214 Å². The van der Waals surface area contributed by atoms with Gasteiger partial charge in [0.2, 0.25) is 23.6 Å². The molecule has 32 heavy (non-hydrogen) atoms. The van der Waals surface area contributed by atoms with Crippen molar-refractivity contribution in [3.05, 3.63) is 0 Å². The number of aliphatic carboxylic acids is 1. The summed E-state index contributed by atoms with van der Waals surface area (Å²) in [5.41, 5.74) is 10.7. The second kappa shape index (κ2) is 13.6. The third-order valence-corrected chi connectivity index (χ3v) is 5.43. The molecule has 0 aromatic carbocycles. The van der Waals surface area contributed by atoms with Crippen LogP contribution in [-0.4, -0.2) is 70.1 Å². The molecule has 0 bridgehead atoms. The summed E-state index contributed by atoms with van der Waals surface area (Å²) in [5, 5.41) is 26.1. The molecule has 9 N–H and O–H groups in total. The fourth-order valence-corrected chi connectivity index (χ4v) is 2.78. The third kappa shape index (κ3) is 9.18. The number of rotatable bonds is 14. The van der Waals surface area contributed by atoms with E-state index in [0.717, 1.165) is 0 Å². The van der Waals surface area contributed by atoms with Crippen molar-refractivity contribution in [2.24, 2.45) is 23.3 Å². The highest BCUT2D eigenvalue weighted by Crippen LogP contribution is 2.12. The molecule has 7 unspecified atom stereocenters. The zero-order chi connectivity index (χ0) is 25.2. The molecule has 0 aliphatic rings. The highest BCUT2D eigenvalue weighted by atomic mass is 16.4. The lowest BCUT2D eigenvalue weighted by Gasteiger charge is -2.29. The lowest BCUT2D eigenvalue weighted by molar-refractivity contribution is -0.144. The Bertz CT molecular complexity index is 685. The summed E-state index contributed by atoms with van der Waals surface area (Å²) < 4.78 is 0. The number of carbonyl (C=O) groups excluding carboxylic acids is 4. The molecule has 184 valence electrons. The Morgan fingerprint density at radius 3 is 1.69 bits per heavy atom. The van der Waals surface area contributed by atoms with Crippen LogP contribution < -0.4 is 27.4 Å². The molecule has 0 spiro atoms. The minimum absolute atomic E-state index is 0.353. The van der Waals surface area contributed by atoms with Crippen LogP contribution in [0.5, 0.6) is 0 Å². The van der Waals surface area contributed by atoms with Gasteiger partial charge in [0.15, 0.2) is 0 Å². The first kappa shape index (κ1) is 29.3. The Balaban J connectivity index is 5.64. The molecular weight excluding hydrogens is 422 g/mol. The van der Waals surface area contributed by atoms with Crippen molar-refractivity contribution < 1.29 is 34.2 Å². The van der Waals surface area contributed by atoms with E-state index >= 15 is 0 Å². The first-order valence-corrected chi connectivity index (χ1v) is 10.6. The second-order valence-electron chi connectivity index (χ2n) is 8.08. The molecule has 0 aliphatic heterocycles. The van der Waals surface area contributed by atoms with Crippen LogP contribution in [-0.2, 0) is 24.0 Å². The standard InChI is InChI=1S/C20H37N5O7/c1-6-9(3)15(19(30)25-16(20(31)32)10(4)7-2)24-17(28)12(8-13(21)27)23-18(29)14(22)11(5)26/h9-12,14-16,26H,6-8,22H2,1-5H3,(H2,21,27)(H,23,29)(H,24,28)(H,25,30)(H,31,32). The third-order valence-electron chi connectivity index (χ3n) is 5.43. The average molecular weight is 460 g/mol. The van der Waals surface area contributed by atoms with Gasteiger partial charge in [0.25, 0.3) is 0 Å². The molecule has 0 saturated carbocycles. The summed E-state index contributed by atoms with van der Waals surface area (Å²) in [6, 6.07) is -5.06. The summed E-state index contributed by atoms with van der Waals surface area (Å²) in [4.78, 5) is 60.8. The van der Waals surface area contributed by atoms with Crippen LogP contribution in [0.3, 0.4) is 0 Å². The first-order valence-electron chi connectivity index (χ1n) is 10.6. The van der Waals surface area contributed by atoms with Crippen LogP contribution >= 0.6 is 0 Å². The van der Waals surface area contributed by atoms with Gasteiger partial charge in [-0.2, -0.15) is 0 Å². The highest BCUT2D eigenvalue weighted by molar-refractivity contribution is 5.96. The molecule has 0 aromatic heterocycles. The van der Waals surface area contributed by atoms with E-state index in [9.17, 15) is 34.2 Å². The summed E-state index contributed by atoms with van der Waals surface area (Å²) in [5.74, 6) is -5.29. The summed E-state index contributed by atoms with van der Waals surface area (Å²) in [7, 11) is 0. The van der Waals surface area contributed by atoms with Crippen LogP contribution in [0.15, 0.2) is 0 Å². The lowest BCUT2D eigenvalue weighted by Crippen LogP contribution is -2.60. The van der Waals surface area contributed by atoms with Crippen LogP contribution in [0.1, 0.15) is 53.9 Å². The van der Waals surface area contributed by atoms with E-state index in [1.54, 1.807) is 27.7 Å². The fraction of sp³-hybridized carbons (Fsp3) is 0.750. The molecule has 0 aliphatic carbocycles. The van der Waals surface area contributed by atoms with Crippen molar-refractivity contribution in [1.29, 1.82) is 0 Å². The Hall–Kier alpha value is -2.73. The molecule has 12 heteroatoms. The predicted octanol–water partition coefficient (Wildman–Crippen LogP) is -1.80. The number of hydrogen-bond acceptors (Lipinski definition) is 7. The number of aliphatic hydroxyl groups excluding tert-OH is 1. The number of hydrogen-bond donors (Lipinski definition) is 7. The predicted molar refractivity (Wildman–Crippen MR) is 116 cm³/mol. The first-order chi connectivity index (χ1) is 14.8. The summed E-state index contributed by atoms with van der Waals surface area (Å²) in [6.45, 7) is 8.22. The number of nitrogens with one attached hydrogen (secondary N) is 3. The van der Waals surface area contributed by atoms with Gasteiger partial charge in [-0.05, 0) is 18.8 Å². The maximum absolute atomic E-state index is 12.9. The zero-order valence-electron chi connectivity index (χ0n) is 19.3. The lowest BCUT2D eigenvalue weighted by atomic mass is 9.95. The van der Waals surface area contributed by atoms with Crippen molar-refractivity contribution in [1.82, 2.24) is 16.0 Å². The molecule has 0 radical (unpaired) electrons. The number of aliphatic hydroxyl groups is 1. The van der Waals surface area contributed by atoms with E-state index in [2.05, 4.69) is 16.0 Å². The molecule has 4 amide bonds. The van der Waals surface area contributed by atoms with Crippen molar-refractivity contribution in [3.63, 3.8) is 0 Å². The van der Waals surface area contributed by atoms with E-state index in [1.807, 2.05) is 0 Å². The number of amides is 4. The molecule has 0 aromatic rings. The van der Waals surface area contributed by atoms with Gasteiger partial charge in [0, 0.05) is 0 Å². The van der Waals surface area contributed by atoms with E-state index in [0.29, 0.717) is 12.8 Å². The monoisotopic (exact) mass is 459 g/mol. The normalized spacial score (nSPS) is 17.6. The van der Waals surface area contributed by atoms with Gasteiger partial charge < -0.3 is 37.6 Å². The molecular formula is C20H37N5O7. The van der Waals surface area contributed by atoms with E-state index < -0.39 is 72.2 Å². The van der Waals surface area contributed by atoms with Gasteiger partial charge in [-0.3, -0.25) is 19.2 Å². The second-order valence-corrected chi connectivity index (χ2v) is 8.08. The van der Waals surface area contributed by atoms with E-state index in [4.69, 9.17) is 11.5 Å². The summed E-state index contributed by atoms with van der Waals surface area (Å²) >= 11 is 0. The van der Waals surface area contributed by atoms with E-state index in [1.165, 1.54) is 6.92 Å². The quantitative estimate of drug-likeness (QED) is 0.157. The fourth-order valence-electron chi connectivity index (χ4n) is 2.78. The largest absolute Gasteiger partial charge is 0.480 e.